The second-order valence-electron chi connectivity index (χ2n) is 4.86. The monoisotopic (exact) mass is 377 g/mol. The van der Waals surface area contributed by atoms with Crippen molar-refractivity contribution in [3.05, 3.63) is 63.4 Å². The molecule has 2 rings (SSSR count). The lowest BCUT2D eigenvalue weighted by Gasteiger charge is -2.13. The average Bonchev–Trinajstić information content (AvgIpc) is 2.48. The lowest BCUT2D eigenvalue weighted by Crippen LogP contribution is -2.17. The maximum Gasteiger partial charge on any atom is 0.142 e. The minimum Gasteiger partial charge on any atom is -0.492 e. The topological polar surface area (TPSA) is 21.3 Å². The summed E-state index contributed by atoms with van der Waals surface area (Å²) in [5.74, 6) is 0.453. The number of nitrogens with one attached hydrogen (secondary N) is 1. The van der Waals surface area contributed by atoms with Gasteiger partial charge in [0.15, 0.2) is 0 Å². The van der Waals surface area contributed by atoms with E-state index in [2.05, 4.69) is 5.32 Å². The van der Waals surface area contributed by atoms with Crippen LogP contribution in [0.25, 0.3) is 0 Å². The zero-order valence-corrected chi connectivity index (χ0v) is 15.1. The molecule has 6 heteroatoms. The molecule has 0 aliphatic rings. The van der Waals surface area contributed by atoms with E-state index in [9.17, 15) is 4.39 Å². The quantitative estimate of drug-likeness (QED) is 0.661. The Hall–Kier alpha value is -1.00. The third-order valence-corrected chi connectivity index (χ3v) is 3.69. The molecule has 0 spiro atoms. The average molecular weight is 379 g/mol. The Morgan fingerprint density at radius 2 is 1.83 bits per heavy atom. The van der Waals surface area contributed by atoms with Gasteiger partial charge < -0.3 is 10.1 Å². The van der Waals surface area contributed by atoms with Crippen LogP contribution in [0.3, 0.4) is 0 Å². The highest BCUT2D eigenvalue weighted by atomic mass is 35.5. The van der Waals surface area contributed by atoms with E-state index >= 15 is 0 Å². The fraction of sp³-hybridized carbons (Fsp3) is 0.294. The molecule has 2 aromatic carbocycles. The lowest BCUT2D eigenvalue weighted by atomic mass is 10.1. The molecule has 2 nitrogen and oxygen atoms in total. The van der Waals surface area contributed by atoms with Crippen molar-refractivity contribution in [2.24, 2.45) is 0 Å². The Balaban J connectivity index is 0.00000264. The van der Waals surface area contributed by atoms with Gasteiger partial charge in [-0.25, -0.2) is 4.39 Å². The smallest absolute Gasteiger partial charge is 0.142 e. The third-order valence-electron chi connectivity index (χ3n) is 3.19. The van der Waals surface area contributed by atoms with E-state index in [1.54, 1.807) is 18.2 Å². The number of hydrogen-bond donors (Lipinski definition) is 1. The molecule has 2 aromatic rings. The maximum absolute atomic E-state index is 12.8. The van der Waals surface area contributed by atoms with E-state index in [1.807, 2.05) is 13.0 Å². The second-order valence-corrected chi connectivity index (χ2v) is 5.71. The van der Waals surface area contributed by atoms with Gasteiger partial charge in [-0.1, -0.05) is 35.3 Å². The van der Waals surface area contributed by atoms with Crippen molar-refractivity contribution in [1.82, 2.24) is 5.32 Å². The van der Waals surface area contributed by atoms with Crippen LogP contribution in [-0.2, 0) is 13.0 Å². The lowest BCUT2D eigenvalue weighted by molar-refractivity contribution is 0.336. The van der Waals surface area contributed by atoms with Crippen molar-refractivity contribution >= 4 is 35.6 Å². The van der Waals surface area contributed by atoms with Gasteiger partial charge in [-0.05, 0) is 49.7 Å². The SMILES string of the molecule is CCOc1c(Cl)cc(Cl)cc1CNCCc1ccc(F)cc1.Cl. The highest BCUT2D eigenvalue weighted by molar-refractivity contribution is 6.35. The molecule has 0 bridgehead atoms. The first kappa shape index (κ1) is 20.0. The van der Waals surface area contributed by atoms with Crippen molar-refractivity contribution < 1.29 is 9.13 Å². The van der Waals surface area contributed by atoms with Gasteiger partial charge in [-0.3, -0.25) is 0 Å². The van der Waals surface area contributed by atoms with Crippen LogP contribution in [0.15, 0.2) is 36.4 Å². The highest BCUT2D eigenvalue weighted by Crippen LogP contribution is 2.32. The first-order valence-electron chi connectivity index (χ1n) is 7.16. The van der Waals surface area contributed by atoms with Gasteiger partial charge in [0.05, 0.1) is 11.6 Å². The van der Waals surface area contributed by atoms with Crippen molar-refractivity contribution in [2.45, 2.75) is 19.9 Å². The van der Waals surface area contributed by atoms with Crippen LogP contribution < -0.4 is 10.1 Å². The van der Waals surface area contributed by atoms with E-state index in [0.717, 1.165) is 24.1 Å². The van der Waals surface area contributed by atoms with E-state index in [1.165, 1.54) is 12.1 Å². The Labute approximate surface area is 152 Å². The first-order chi connectivity index (χ1) is 10.6. The summed E-state index contributed by atoms with van der Waals surface area (Å²) in [5.41, 5.74) is 2.02. The Morgan fingerprint density at radius 1 is 1.13 bits per heavy atom. The van der Waals surface area contributed by atoms with E-state index < -0.39 is 0 Å². The number of rotatable bonds is 7. The number of halogens is 4. The minimum absolute atomic E-state index is 0. The molecule has 0 aromatic heterocycles. The molecule has 0 radical (unpaired) electrons. The van der Waals surface area contributed by atoms with E-state index in [0.29, 0.717) is 28.9 Å². The molecule has 0 heterocycles. The summed E-state index contributed by atoms with van der Waals surface area (Å²) in [6, 6.07) is 10.1. The molecule has 23 heavy (non-hydrogen) atoms. The van der Waals surface area contributed by atoms with Crippen LogP contribution in [0.1, 0.15) is 18.1 Å². The molecule has 126 valence electrons. The highest BCUT2D eigenvalue weighted by Gasteiger charge is 2.10. The first-order valence-corrected chi connectivity index (χ1v) is 7.91. The molecular weight excluding hydrogens is 360 g/mol. The number of hydrogen-bond acceptors (Lipinski definition) is 2. The predicted molar refractivity (Wildman–Crippen MR) is 96.7 cm³/mol. The zero-order chi connectivity index (χ0) is 15.9. The van der Waals surface area contributed by atoms with E-state index in [4.69, 9.17) is 27.9 Å². The van der Waals surface area contributed by atoms with Crippen molar-refractivity contribution in [2.75, 3.05) is 13.2 Å². The van der Waals surface area contributed by atoms with Crippen LogP contribution in [0.2, 0.25) is 10.0 Å². The molecule has 0 saturated heterocycles. The van der Waals surface area contributed by atoms with Crippen LogP contribution in [-0.4, -0.2) is 13.2 Å². The standard InChI is InChI=1S/C17H18Cl2FNO.ClH/c1-2-22-17-13(9-14(18)10-16(17)19)11-21-8-7-12-3-5-15(20)6-4-12;/h3-6,9-10,21H,2,7-8,11H2,1H3;1H. The molecule has 0 fully saturated rings. The van der Waals surface area contributed by atoms with Crippen molar-refractivity contribution in [1.29, 1.82) is 0 Å². The summed E-state index contributed by atoms with van der Waals surface area (Å²) < 4.78 is 18.4. The second kappa shape index (κ2) is 9.99. The third kappa shape index (κ3) is 6.19. The Kier molecular flexibility index (Phi) is 8.71. The normalized spacial score (nSPS) is 10.3. The minimum atomic E-state index is -0.216. The molecule has 1 N–H and O–H groups in total. The van der Waals surface area contributed by atoms with Crippen LogP contribution in [0.4, 0.5) is 4.39 Å². The molecule has 0 aliphatic carbocycles. The van der Waals surface area contributed by atoms with Crippen molar-refractivity contribution in [3.8, 4) is 5.75 Å². The van der Waals surface area contributed by atoms with Gasteiger partial charge in [0, 0.05) is 17.1 Å². The van der Waals surface area contributed by atoms with Crippen LogP contribution in [0.5, 0.6) is 5.75 Å². The number of benzene rings is 2. The van der Waals surface area contributed by atoms with E-state index in [-0.39, 0.29) is 18.2 Å². The molecule has 0 saturated carbocycles. The Morgan fingerprint density at radius 3 is 2.48 bits per heavy atom. The fourth-order valence-electron chi connectivity index (χ4n) is 2.16. The summed E-state index contributed by atoms with van der Waals surface area (Å²) >= 11 is 12.2. The van der Waals surface area contributed by atoms with Gasteiger partial charge >= 0.3 is 0 Å². The summed E-state index contributed by atoms with van der Waals surface area (Å²) in [6.07, 6.45) is 0.818. The molecule has 0 atom stereocenters. The summed E-state index contributed by atoms with van der Waals surface area (Å²) in [7, 11) is 0. The van der Waals surface area contributed by atoms with Gasteiger partial charge in [-0.15, -0.1) is 12.4 Å². The number of ether oxygens (including phenoxy) is 1. The predicted octanol–water partition coefficient (Wildman–Crippen LogP) is 5.29. The summed E-state index contributed by atoms with van der Waals surface area (Å²) in [6.45, 7) is 3.83. The fourth-order valence-corrected chi connectivity index (χ4v) is 2.75. The molecular formula is C17H19Cl3FNO. The summed E-state index contributed by atoms with van der Waals surface area (Å²) in [4.78, 5) is 0. The van der Waals surface area contributed by atoms with Crippen molar-refractivity contribution in [3.63, 3.8) is 0 Å². The molecule has 0 unspecified atom stereocenters. The maximum atomic E-state index is 12.8. The summed E-state index contributed by atoms with van der Waals surface area (Å²) in [5, 5.41) is 4.43. The molecule has 0 aliphatic heterocycles. The zero-order valence-electron chi connectivity index (χ0n) is 12.7. The van der Waals surface area contributed by atoms with Gasteiger partial charge in [-0.2, -0.15) is 0 Å². The Bertz CT molecular complexity index is 620. The van der Waals surface area contributed by atoms with Gasteiger partial charge in [0.25, 0.3) is 0 Å². The van der Waals surface area contributed by atoms with Crippen LogP contribution >= 0.6 is 35.6 Å². The van der Waals surface area contributed by atoms with Gasteiger partial charge in [0.1, 0.15) is 11.6 Å². The van der Waals surface area contributed by atoms with Crippen LogP contribution in [0, 0.1) is 5.82 Å². The van der Waals surface area contributed by atoms with Gasteiger partial charge in [0.2, 0.25) is 0 Å². The largest absolute Gasteiger partial charge is 0.492 e. The molecule has 0 amide bonds.